The number of aryl methyl sites for hydroxylation is 3. The summed E-state index contributed by atoms with van der Waals surface area (Å²) in [5.41, 5.74) is 2.78. The second-order valence-electron chi connectivity index (χ2n) is 6.65. The minimum absolute atomic E-state index is 0.173. The van der Waals surface area contributed by atoms with Crippen LogP contribution < -0.4 is 5.32 Å². The van der Waals surface area contributed by atoms with E-state index in [9.17, 15) is 14.0 Å². The van der Waals surface area contributed by atoms with E-state index in [-0.39, 0.29) is 17.6 Å². The van der Waals surface area contributed by atoms with Gasteiger partial charge in [-0.15, -0.1) is 0 Å². The van der Waals surface area contributed by atoms with E-state index in [2.05, 4.69) is 15.3 Å². The quantitative estimate of drug-likeness (QED) is 0.915. The smallest absolute Gasteiger partial charge is 0.275 e. The Morgan fingerprint density at radius 3 is 2.73 bits per heavy atom. The highest BCUT2D eigenvalue weighted by Crippen LogP contribution is 2.16. The van der Waals surface area contributed by atoms with Gasteiger partial charge in [-0.2, -0.15) is 0 Å². The van der Waals surface area contributed by atoms with E-state index in [1.165, 1.54) is 17.0 Å². The van der Waals surface area contributed by atoms with E-state index in [1.54, 1.807) is 19.2 Å². The van der Waals surface area contributed by atoms with Gasteiger partial charge in [0, 0.05) is 31.0 Å². The Bertz CT molecular complexity index is 869. The molecule has 1 aliphatic heterocycles. The lowest BCUT2D eigenvalue weighted by molar-refractivity contribution is 0.0772. The normalized spacial score (nSPS) is 16.6. The van der Waals surface area contributed by atoms with E-state index in [4.69, 9.17) is 0 Å². The molecule has 136 valence electrons. The fourth-order valence-corrected chi connectivity index (χ4v) is 2.91. The summed E-state index contributed by atoms with van der Waals surface area (Å²) in [5.74, 6) is -1.35. The zero-order chi connectivity index (χ0) is 18.8. The zero-order valence-electron chi connectivity index (χ0n) is 15.0. The summed E-state index contributed by atoms with van der Waals surface area (Å²) >= 11 is 0. The van der Waals surface area contributed by atoms with Crippen LogP contribution in [-0.4, -0.2) is 45.8 Å². The van der Waals surface area contributed by atoms with Gasteiger partial charge in [0.2, 0.25) is 0 Å². The van der Waals surface area contributed by atoms with Crippen molar-refractivity contribution in [3.8, 4) is 0 Å². The second kappa shape index (κ2) is 7.19. The van der Waals surface area contributed by atoms with Gasteiger partial charge in [-0.25, -0.2) is 9.37 Å². The average Bonchev–Trinajstić information content (AvgIpc) is 3.07. The number of nitrogens with zero attached hydrogens (tertiary/aromatic N) is 3. The number of carbonyl (C=O) groups excluding carboxylic acids is 2. The topological polar surface area (TPSA) is 75.2 Å². The van der Waals surface area contributed by atoms with Crippen molar-refractivity contribution >= 4 is 11.8 Å². The molecule has 0 aliphatic carbocycles. The molecule has 1 N–H and O–H groups in total. The lowest BCUT2D eigenvalue weighted by atomic mass is 10.1. The fourth-order valence-electron chi connectivity index (χ4n) is 2.91. The van der Waals surface area contributed by atoms with Crippen LogP contribution >= 0.6 is 0 Å². The van der Waals surface area contributed by atoms with Gasteiger partial charge in [-0.3, -0.25) is 14.6 Å². The number of hydrogen-bond donors (Lipinski definition) is 1. The first-order valence-corrected chi connectivity index (χ1v) is 8.51. The van der Waals surface area contributed by atoms with Gasteiger partial charge in [0.1, 0.15) is 5.69 Å². The minimum Gasteiger partial charge on any atom is -0.346 e. The molecular weight excluding hydrogens is 335 g/mol. The summed E-state index contributed by atoms with van der Waals surface area (Å²) in [4.78, 5) is 34.5. The largest absolute Gasteiger partial charge is 0.346 e. The Morgan fingerprint density at radius 2 is 2.00 bits per heavy atom. The Hall–Kier alpha value is -2.83. The Balaban J connectivity index is 1.65. The van der Waals surface area contributed by atoms with Crippen molar-refractivity contribution in [3.63, 3.8) is 0 Å². The predicted octanol–water partition coefficient (Wildman–Crippen LogP) is 2.19. The summed E-state index contributed by atoms with van der Waals surface area (Å²) in [6.07, 6.45) is 2.27. The summed E-state index contributed by atoms with van der Waals surface area (Å²) in [5, 5.41) is 2.89. The molecule has 2 amide bonds. The van der Waals surface area contributed by atoms with Crippen LogP contribution in [0.4, 0.5) is 4.39 Å². The lowest BCUT2D eigenvalue weighted by Gasteiger charge is -2.17. The van der Waals surface area contributed by atoms with Crippen LogP contribution in [0, 0.1) is 26.6 Å². The highest BCUT2D eigenvalue weighted by Gasteiger charge is 2.30. The van der Waals surface area contributed by atoms with Crippen molar-refractivity contribution in [1.82, 2.24) is 20.2 Å². The van der Waals surface area contributed by atoms with Gasteiger partial charge in [-0.1, -0.05) is 0 Å². The number of aromatic nitrogens is 2. The summed E-state index contributed by atoms with van der Waals surface area (Å²) in [7, 11) is 0. The van der Waals surface area contributed by atoms with Gasteiger partial charge >= 0.3 is 0 Å². The monoisotopic (exact) mass is 356 g/mol. The van der Waals surface area contributed by atoms with E-state index in [0.29, 0.717) is 30.9 Å². The molecule has 3 rings (SSSR count). The highest BCUT2D eigenvalue weighted by molar-refractivity contribution is 5.94. The third-order valence-electron chi connectivity index (χ3n) is 4.60. The second-order valence-corrected chi connectivity index (χ2v) is 6.65. The molecule has 1 aliphatic rings. The first-order valence-electron chi connectivity index (χ1n) is 8.51. The van der Waals surface area contributed by atoms with Crippen LogP contribution in [0.2, 0.25) is 0 Å². The molecule has 26 heavy (non-hydrogen) atoms. The molecule has 7 heteroatoms. The number of pyridine rings is 2. The Morgan fingerprint density at radius 1 is 1.23 bits per heavy atom. The minimum atomic E-state index is -0.632. The zero-order valence-corrected chi connectivity index (χ0v) is 15.0. The highest BCUT2D eigenvalue weighted by atomic mass is 19.1. The van der Waals surface area contributed by atoms with Gasteiger partial charge in [-0.05, 0) is 56.5 Å². The predicted molar refractivity (Wildman–Crippen MR) is 94.4 cm³/mol. The van der Waals surface area contributed by atoms with Crippen molar-refractivity contribution in [2.75, 3.05) is 13.1 Å². The van der Waals surface area contributed by atoms with Crippen molar-refractivity contribution in [2.45, 2.75) is 33.2 Å². The van der Waals surface area contributed by atoms with Gasteiger partial charge in [0.25, 0.3) is 11.8 Å². The maximum Gasteiger partial charge on any atom is 0.275 e. The van der Waals surface area contributed by atoms with Gasteiger partial charge < -0.3 is 10.2 Å². The summed E-state index contributed by atoms with van der Waals surface area (Å²) < 4.78 is 13.9. The Kier molecular flexibility index (Phi) is 4.97. The van der Waals surface area contributed by atoms with Crippen molar-refractivity contribution in [2.24, 2.45) is 0 Å². The van der Waals surface area contributed by atoms with Crippen molar-refractivity contribution in [1.29, 1.82) is 0 Å². The van der Waals surface area contributed by atoms with E-state index in [1.807, 2.05) is 13.8 Å². The standard InChI is InChI=1S/C19H21FN4O2/c1-11-8-16(21-9-12(11)2)18(25)23-14-6-7-24(10-14)19(26)17-15(20)5-4-13(3)22-17/h4-5,8-9,14H,6-7,10H2,1-3H3,(H,23,25). The SMILES string of the molecule is Cc1ccc(F)c(C(=O)N2CCC(NC(=O)c3cc(C)c(C)cn3)C2)n1. The van der Waals surface area contributed by atoms with Crippen LogP contribution in [0.3, 0.4) is 0 Å². The number of amides is 2. The van der Waals surface area contributed by atoms with Crippen LogP contribution in [0.1, 0.15) is 44.2 Å². The molecule has 2 aromatic rings. The Labute approximate surface area is 151 Å². The number of rotatable bonds is 3. The molecule has 1 atom stereocenters. The molecule has 0 bridgehead atoms. The van der Waals surface area contributed by atoms with E-state index < -0.39 is 11.7 Å². The van der Waals surface area contributed by atoms with Crippen LogP contribution in [0.15, 0.2) is 24.4 Å². The maximum atomic E-state index is 13.9. The number of hydrogen-bond acceptors (Lipinski definition) is 4. The van der Waals surface area contributed by atoms with E-state index in [0.717, 1.165) is 11.1 Å². The number of nitrogens with one attached hydrogen (secondary N) is 1. The molecule has 0 saturated carbocycles. The molecule has 1 saturated heterocycles. The number of halogens is 1. The van der Waals surface area contributed by atoms with Gasteiger partial charge in [0.05, 0.1) is 0 Å². The van der Waals surface area contributed by atoms with Crippen LogP contribution in [-0.2, 0) is 0 Å². The molecule has 0 aromatic carbocycles. The van der Waals surface area contributed by atoms with Gasteiger partial charge in [0.15, 0.2) is 11.5 Å². The van der Waals surface area contributed by atoms with Crippen molar-refractivity contribution < 1.29 is 14.0 Å². The molecule has 3 heterocycles. The summed E-state index contributed by atoms with van der Waals surface area (Å²) in [6.45, 7) is 6.33. The molecule has 0 spiro atoms. The molecule has 6 nitrogen and oxygen atoms in total. The fraction of sp³-hybridized carbons (Fsp3) is 0.368. The molecule has 0 radical (unpaired) electrons. The number of likely N-dealkylation sites (tertiary alicyclic amines) is 1. The third-order valence-corrected chi connectivity index (χ3v) is 4.60. The summed E-state index contributed by atoms with van der Waals surface area (Å²) in [6, 6.07) is 4.32. The first kappa shape index (κ1) is 18.0. The molecule has 1 unspecified atom stereocenters. The van der Waals surface area contributed by atoms with Crippen LogP contribution in [0.25, 0.3) is 0 Å². The first-order chi connectivity index (χ1) is 12.3. The average molecular weight is 356 g/mol. The molecular formula is C19H21FN4O2. The number of carbonyl (C=O) groups is 2. The van der Waals surface area contributed by atoms with Crippen LogP contribution in [0.5, 0.6) is 0 Å². The maximum absolute atomic E-state index is 13.9. The third kappa shape index (κ3) is 3.71. The lowest BCUT2D eigenvalue weighted by Crippen LogP contribution is -2.39. The van der Waals surface area contributed by atoms with Crippen molar-refractivity contribution in [3.05, 3.63) is 58.4 Å². The van der Waals surface area contributed by atoms with E-state index >= 15 is 0 Å². The molecule has 1 fully saturated rings. The molecule has 2 aromatic heterocycles.